The Hall–Kier alpha value is -3.26. The Balaban J connectivity index is 1.52. The van der Waals surface area contributed by atoms with E-state index in [9.17, 15) is 9.90 Å². The van der Waals surface area contributed by atoms with Gasteiger partial charge in [0.25, 0.3) is 5.91 Å². The van der Waals surface area contributed by atoms with Gasteiger partial charge >= 0.3 is 0 Å². The molecule has 0 radical (unpaired) electrons. The summed E-state index contributed by atoms with van der Waals surface area (Å²) >= 11 is 0. The fourth-order valence-corrected chi connectivity index (χ4v) is 2.37. The number of rotatable bonds is 7. The van der Waals surface area contributed by atoms with Gasteiger partial charge in [0, 0.05) is 12.1 Å². The number of para-hydroxylation sites is 1. The van der Waals surface area contributed by atoms with Crippen LogP contribution >= 0.6 is 0 Å². The molecule has 2 aromatic carbocycles. The third kappa shape index (κ3) is 4.42. The minimum absolute atomic E-state index is 0.112. The molecule has 0 saturated heterocycles. The number of benzene rings is 2. The first-order valence-electron chi connectivity index (χ1n) is 8.10. The van der Waals surface area contributed by atoms with Crippen LogP contribution in [0.2, 0.25) is 0 Å². The summed E-state index contributed by atoms with van der Waals surface area (Å²) in [6.07, 6.45) is -1.25. The number of aromatic nitrogens is 4. The highest BCUT2D eigenvalue weighted by Gasteiger charge is 2.16. The number of ether oxygens (including phenoxy) is 1. The predicted molar refractivity (Wildman–Crippen MR) is 94.1 cm³/mol. The van der Waals surface area contributed by atoms with Crippen molar-refractivity contribution in [2.45, 2.75) is 19.6 Å². The summed E-state index contributed by atoms with van der Waals surface area (Å²) in [5.74, 6) is 0.626. The van der Waals surface area contributed by atoms with Crippen LogP contribution in [0.15, 0.2) is 48.5 Å². The van der Waals surface area contributed by atoms with E-state index in [1.165, 1.54) is 0 Å². The first-order chi connectivity index (χ1) is 12.6. The van der Waals surface area contributed by atoms with Gasteiger partial charge in [0.2, 0.25) is 5.82 Å². The summed E-state index contributed by atoms with van der Waals surface area (Å²) in [4.78, 5) is 12.1. The van der Waals surface area contributed by atoms with Crippen LogP contribution in [0, 0.1) is 6.92 Å². The largest absolute Gasteiger partial charge is 0.490 e. The van der Waals surface area contributed by atoms with Crippen molar-refractivity contribution in [3.8, 4) is 17.1 Å². The number of hydrogen-bond donors (Lipinski definition) is 3. The van der Waals surface area contributed by atoms with E-state index in [0.29, 0.717) is 11.6 Å². The summed E-state index contributed by atoms with van der Waals surface area (Å²) in [6.45, 7) is 2.06. The normalized spacial score (nSPS) is 11.8. The van der Waals surface area contributed by atoms with Crippen molar-refractivity contribution in [1.82, 2.24) is 25.9 Å². The van der Waals surface area contributed by atoms with Crippen LogP contribution in [-0.2, 0) is 11.3 Å². The maximum Gasteiger partial charge on any atom is 0.252 e. The molecule has 3 aromatic rings. The minimum Gasteiger partial charge on any atom is -0.490 e. The Morgan fingerprint density at radius 2 is 2.12 bits per heavy atom. The van der Waals surface area contributed by atoms with Crippen LogP contribution in [0.5, 0.6) is 5.75 Å². The highest BCUT2D eigenvalue weighted by Crippen LogP contribution is 2.16. The molecule has 26 heavy (non-hydrogen) atoms. The standard InChI is InChI=1S/C18H19N5O3/c1-12-5-2-3-8-16(12)26-11-15(24)18(25)19-10-13-6-4-7-14(9-13)17-20-22-23-21-17/h2-9,15,24H,10-11H2,1H3,(H,19,25)(H,20,21,22,23). The highest BCUT2D eigenvalue weighted by atomic mass is 16.5. The van der Waals surface area contributed by atoms with Crippen molar-refractivity contribution in [3.63, 3.8) is 0 Å². The van der Waals surface area contributed by atoms with E-state index in [-0.39, 0.29) is 13.2 Å². The maximum absolute atomic E-state index is 12.1. The monoisotopic (exact) mass is 353 g/mol. The zero-order valence-corrected chi connectivity index (χ0v) is 14.2. The lowest BCUT2D eigenvalue weighted by molar-refractivity contribution is -0.130. The number of aliphatic hydroxyl groups is 1. The fourth-order valence-electron chi connectivity index (χ4n) is 2.37. The van der Waals surface area contributed by atoms with Gasteiger partial charge in [-0.1, -0.05) is 36.4 Å². The number of tetrazole rings is 1. The quantitative estimate of drug-likeness (QED) is 0.589. The lowest BCUT2D eigenvalue weighted by atomic mass is 10.1. The zero-order valence-electron chi connectivity index (χ0n) is 14.2. The van der Waals surface area contributed by atoms with Gasteiger partial charge < -0.3 is 15.2 Å². The Labute approximate surface area is 150 Å². The van der Waals surface area contributed by atoms with Crippen LogP contribution in [0.4, 0.5) is 0 Å². The first-order valence-corrected chi connectivity index (χ1v) is 8.10. The minimum atomic E-state index is -1.25. The molecule has 134 valence electrons. The molecule has 0 saturated carbocycles. The molecule has 0 bridgehead atoms. The summed E-state index contributed by atoms with van der Waals surface area (Å²) in [5, 5.41) is 26.4. The van der Waals surface area contributed by atoms with E-state index in [2.05, 4.69) is 25.9 Å². The van der Waals surface area contributed by atoms with Crippen molar-refractivity contribution in [3.05, 3.63) is 59.7 Å². The Morgan fingerprint density at radius 3 is 2.88 bits per heavy atom. The molecular formula is C18H19N5O3. The second-order valence-electron chi connectivity index (χ2n) is 5.75. The third-order valence-corrected chi connectivity index (χ3v) is 3.79. The van der Waals surface area contributed by atoms with Crippen LogP contribution in [-0.4, -0.2) is 44.3 Å². The van der Waals surface area contributed by atoms with E-state index < -0.39 is 12.0 Å². The van der Waals surface area contributed by atoms with Crippen molar-refractivity contribution in [2.75, 3.05) is 6.61 Å². The molecule has 1 aromatic heterocycles. The lowest BCUT2D eigenvalue weighted by Crippen LogP contribution is -2.37. The lowest BCUT2D eigenvalue weighted by Gasteiger charge is -2.14. The number of hydrogen-bond acceptors (Lipinski definition) is 6. The SMILES string of the molecule is Cc1ccccc1OCC(O)C(=O)NCc1cccc(-c2nn[nH]n2)c1. The third-order valence-electron chi connectivity index (χ3n) is 3.79. The van der Waals surface area contributed by atoms with Crippen LogP contribution in [0.3, 0.4) is 0 Å². The molecule has 8 nitrogen and oxygen atoms in total. The molecule has 0 spiro atoms. The molecule has 0 aliphatic rings. The van der Waals surface area contributed by atoms with Crippen molar-refractivity contribution >= 4 is 5.91 Å². The number of amides is 1. The molecule has 3 rings (SSSR count). The maximum atomic E-state index is 12.1. The number of aliphatic hydroxyl groups excluding tert-OH is 1. The first kappa shape index (κ1) is 17.6. The van der Waals surface area contributed by atoms with Crippen molar-refractivity contribution in [2.24, 2.45) is 0 Å². The van der Waals surface area contributed by atoms with Crippen molar-refractivity contribution in [1.29, 1.82) is 0 Å². The van der Waals surface area contributed by atoms with Gasteiger partial charge in [-0.15, -0.1) is 10.2 Å². The summed E-state index contributed by atoms with van der Waals surface area (Å²) < 4.78 is 5.50. The Kier molecular flexibility index (Phi) is 5.55. The molecule has 1 heterocycles. The van der Waals surface area contributed by atoms with Gasteiger partial charge in [0.05, 0.1) is 0 Å². The van der Waals surface area contributed by atoms with E-state index >= 15 is 0 Å². The number of aromatic amines is 1. The second-order valence-corrected chi connectivity index (χ2v) is 5.75. The van der Waals surface area contributed by atoms with Gasteiger partial charge in [-0.05, 0) is 35.4 Å². The molecule has 3 N–H and O–H groups in total. The molecule has 0 aliphatic heterocycles. The van der Waals surface area contributed by atoms with E-state index in [1.807, 2.05) is 49.4 Å². The number of nitrogens with one attached hydrogen (secondary N) is 2. The Bertz CT molecular complexity index is 867. The van der Waals surface area contributed by atoms with E-state index in [0.717, 1.165) is 16.7 Å². The van der Waals surface area contributed by atoms with Crippen LogP contribution < -0.4 is 10.1 Å². The number of aryl methyl sites for hydroxylation is 1. The smallest absolute Gasteiger partial charge is 0.252 e. The molecule has 1 atom stereocenters. The molecule has 0 aliphatic carbocycles. The average molecular weight is 353 g/mol. The van der Waals surface area contributed by atoms with Gasteiger partial charge in [-0.25, -0.2) is 0 Å². The molecule has 1 amide bonds. The van der Waals surface area contributed by atoms with Gasteiger partial charge in [-0.3, -0.25) is 4.79 Å². The van der Waals surface area contributed by atoms with Crippen molar-refractivity contribution < 1.29 is 14.6 Å². The molecule has 0 fully saturated rings. The molecule has 8 heteroatoms. The van der Waals surface area contributed by atoms with Gasteiger partial charge in [0.1, 0.15) is 12.4 Å². The Morgan fingerprint density at radius 1 is 1.27 bits per heavy atom. The summed E-state index contributed by atoms with van der Waals surface area (Å²) in [6, 6.07) is 14.8. The second kappa shape index (κ2) is 8.21. The van der Waals surface area contributed by atoms with E-state index in [4.69, 9.17) is 4.74 Å². The predicted octanol–water partition coefficient (Wildman–Crippen LogP) is 1.23. The topological polar surface area (TPSA) is 113 Å². The van der Waals surface area contributed by atoms with Crippen LogP contribution in [0.25, 0.3) is 11.4 Å². The number of nitrogens with zero attached hydrogens (tertiary/aromatic N) is 3. The fraction of sp³-hybridized carbons (Fsp3) is 0.222. The molecular weight excluding hydrogens is 334 g/mol. The van der Waals surface area contributed by atoms with Gasteiger partial charge in [-0.2, -0.15) is 5.21 Å². The number of carbonyl (C=O) groups excluding carboxylic acids is 1. The van der Waals surface area contributed by atoms with Crippen LogP contribution in [0.1, 0.15) is 11.1 Å². The number of H-pyrrole nitrogens is 1. The summed E-state index contributed by atoms with van der Waals surface area (Å²) in [5.41, 5.74) is 2.58. The molecule has 1 unspecified atom stereocenters. The van der Waals surface area contributed by atoms with Gasteiger partial charge in [0.15, 0.2) is 6.10 Å². The highest BCUT2D eigenvalue weighted by molar-refractivity contribution is 5.80. The number of carbonyl (C=O) groups is 1. The van der Waals surface area contributed by atoms with E-state index in [1.54, 1.807) is 6.07 Å². The zero-order chi connectivity index (χ0) is 18.4. The summed E-state index contributed by atoms with van der Waals surface area (Å²) in [7, 11) is 0. The average Bonchev–Trinajstić information content (AvgIpc) is 3.20.